The molecule has 0 aliphatic heterocycles. The summed E-state index contributed by atoms with van der Waals surface area (Å²) in [6.07, 6.45) is -0.351. The highest BCUT2D eigenvalue weighted by Gasteiger charge is 2.20. The SMILES string of the molecule is COCC(NCC(CNC(=O)OC(C)(C)C)C(C)C)C(C)C. The summed E-state index contributed by atoms with van der Waals surface area (Å²) in [6.45, 7) is 16.5. The topological polar surface area (TPSA) is 59.6 Å². The first-order chi connectivity index (χ1) is 10.1. The maximum absolute atomic E-state index is 11.8. The van der Waals surface area contributed by atoms with Crippen LogP contribution in [0.3, 0.4) is 0 Å². The molecule has 0 fully saturated rings. The minimum atomic E-state index is -0.461. The maximum Gasteiger partial charge on any atom is 0.407 e. The largest absolute Gasteiger partial charge is 0.444 e. The van der Waals surface area contributed by atoms with Crippen molar-refractivity contribution in [2.45, 2.75) is 60.1 Å². The summed E-state index contributed by atoms with van der Waals surface area (Å²) in [4.78, 5) is 11.8. The Morgan fingerprint density at radius 3 is 2.05 bits per heavy atom. The van der Waals surface area contributed by atoms with E-state index in [0.29, 0.717) is 36.9 Å². The molecule has 5 heteroatoms. The molecule has 0 saturated heterocycles. The van der Waals surface area contributed by atoms with Crippen LogP contribution in [0.25, 0.3) is 0 Å². The van der Waals surface area contributed by atoms with E-state index >= 15 is 0 Å². The van der Waals surface area contributed by atoms with Gasteiger partial charge in [-0.25, -0.2) is 4.79 Å². The molecule has 0 rings (SSSR count). The van der Waals surface area contributed by atoms with Gasteiger partial charge in [0.05, 0.1) is 6.61 Å². The first-order valence-corrected chi connectivity index (χ1v) is 8.26. The molecule has 0 aliphatic rings. The van der Waals surface area contributed by atoms with Gasteiger partial charge in [0.1, 0.15) is 5.60 Å². The van der Waals surface area contributed by atoms with Gasteiger partial charge in [0.2, 0.25) is 0 Å². The Morgan fingerprint density at radius 2 is 1.64 bits per heavy atom. The van der Waals surface area contributed by atoms with Crippen molar-refractivity contribution in [3.63, 3.8) is 0 Å². The summed E-state index contributed by atoms with van der Waals surface area (Å²) in [7, 11) is 1.72. The van der Waals surface area contributed by atoms with Crippen LogP contribution in [0.5, 0.6) is 0 Å². The zero-order chi connectivity index (χ0) is 17.3. The Hall–Kier alpha value is -0.810. The highest BCUT2D eigenvalue weighted by molar-refractivity contribution is 5.67. The van der Waals surface area contributed by atoms with Crippen molar-refractivity contribution in [1.29, 1.82) is 0 Å². The number of methoxy groups -OCH3 is 1. The summed E-state index contributed by atoms with van der Waals surface area (Å²) in [6, 6.07) is 0.327. The highest BCUT2D eigenvalue weighted by Crippen LogP contribution is 2.12. The summed E-state index contributed by atoms with van der Waals surface area (Å²) in [5.74, 6) is 1.33. The molecule has 132 valence electrons. The molecule has 0 aromatic heterocycles. The first-order valence-electron chi connectivity index (χ1n) is 8.26. The van der Waals surface area contributed by atoms with Gasteiger partial charge in [0, 0.05) is 26.2 Å². The lowest BCUT2D eigenvalue weighted by Crippen LogP contribution is -2.44. The maximum atomic E-state index is 11.8. The summed E-state index contributed by atoms with van der Waals surface area (Å²) >= 11 is 0. The number of ether oxygens (including phenoxy) is 2. The van der Waals surface area contributed by atoms with Crippen molar-refractivity contribution in [1.82, 2.24) is 10.6 Å². The minimum Gasteiger partial charge on any atom is -0.444 e. The third kappa shape index (κ3) is 10.0. The molecule has 0 aliphatic carbocycles. The molecule has 0 saturated carbocycles. The zero-order valence-electron chi connectivity index (χ0n) is 15.7. The quantitative estimate of drug-likeness (QED) is 0.686. The van der Waals surface area contributed by atoms with Crippen molar-refractivity contribution in [2.75, 3.05) is 26.8 Å². The summed E-state index contributed by atoms with van der Waals surface area (Å²) in [5.41, 5.74) is -0.461. The Morgan fingerprint density at radius 1 is 1.05 bits per heavy atom. The van der Waals surface area contributed by atoms with Crippen LogP contribution in [-0.4, -0.2) is 44.5 Å². The van der Waals surface area contributed by atoms with Crippen LogP contribution in [0.15, 0.2) is 0 Å². The lowest BCUT2D eigenvalue weighted by molar-refractivity contribution is 0.0513. The molecular weight excluding hydrogens is 280 g/mol. The second-order valence-electron chi connectivity index (χ2n) is 7.60. The Labute approximate surface area is 136 Å². The average Bonchev–Trinajstić information content (AvgIpc) is 2.34. The van der Waals surface area contributed by atoms with E-state index in [1.807, 2.05) is 20.8 Å². The van der Waals surface area contributed by atoms with Crippen LogP contribution in [0, 0.1) is 17.8 Å². The Bertz CT molecular complexity index is 312. The van der Waals surface area contributed by atoms with E-state index in [1.165, 1.54) is 0 Å². The third-order valence-corrected chi connectivity index (χ3v) is 3.64. The number of amides is 1. The zero-order valence-corrected chi connectivity index (χ0v) is 15.7. The van der Waals surface area contributed by atoms with Crippen molar-refractivity contribution in [3.8, 4) is 0 Å². The number of hydrogen-bond acceptors (Lipinski definition) is 4. The van der Waals surface area contributed by atoms with Gasteiger partial charge < -0.3 is 20.1 Å². The monoisotopic (exact) mass is 316 g/mol. The standard InChI is InChI=1S/C17H36N2O3/c1-12(2)14(9-18-15(11-21-8)13(3)4)10-19-16(20)22-17(5,6)7/h12-15,18H,9-11H2,1-8H3,(H,19,20). The van der Waals surface area contributed by atoms with Crippen molar-refractivity contribution < 1.29 is 14.3 Å². The van der Waals surface area contributed by atoms with Gasteiger partial charge in [-0.1, -0.05) is 27.7 Å². The second kappa shape index (κ2) is 10.1. The number of hydrogen-bond donors (Lipinski definition) is 2. The number of rotatable bonds is 9. The number of nitrogens with one attached hydrogen (secondary N) is 2. The third-order valence-electron chi connectivity index (χ3n) is 3.64. The van der Waals surface area contributed by atoms with E-state index in [0.717, 1.165) is 6.54 Å². The van der Waals surface area contributed by atoms with Gasteiger partial charge in [-0.05, 0) is 38.5 Å². The van der Waals surface area contributed by atoms with Gasteiger partial charge >= 0.3 is 6.09 Å². The van der Waals surface area contributed by atoms with Crippen molar-refractivity contribution in [2.24, 2.45) is 17.8 Å². The Balaban J connectivity index is 4.34. The fourth-order valence-electron chi connectivity index (χ4n) is 2.04. The number of carbonyl (C=O) groups is 1. The van der Waals surface area contributed by atoms with Crippen LogP contribution in [0.4, 0.5) is 4.79 Å². The molecule has 0 aromatic rings. The van der Waals surface area contributed by atoms with E-state index in [4.69, 9.17) is 9.47 Å². The van der Waals surface area contributed by atoms with E-state index in [9.17, 15) is 4.79 Å². The summed E-state index contributed by atoms with van der Waals surface area (Å²) in [5, 5.41) is 6.43. The first kappa shape index (κ1) is 21.2. The second-order valence-corrected chi connectivity index (χ2v) is 7.60. The van der Waals surface area contributed by atoms with Gasteiger partial charge in [-0.15, -0.1) is 0 Å². The number of carbonyl (C=O) groups excluding carboxylic acids is 1. The molecule has 0 bridgehead atoms. The fourth-order valence-corrected chi connectivity index (χ4v) is 2.04. The van der Waals surface area contributed by atoms with Crippen molar-refractivity contribution >= 4 is 6.09 Å². The molecule has 2 N–H and O–H groups in total. The molecule has 1 amide bonds. The molecule has 0 radical (unpaired) electrons. The minimum absolute atomic E-state index is 0.327. The molecule has 22 heavy (non-hydrogen) atoms. The molecule has 2 unspecified atom stereocenters. The van der Waals surface area contributed by atoms with Gasteiger partial charge in [-0.3, -0.25) is 0 Å². The predicted molar refractivity (Wildman–Crippen MR) is 91.1 cm³/mol. The van der Waals surface area contributed by atoms with E-state index < -0.39 is 5.60 Å². The van der Waals surface area contributed by atoms with Crippen molar-refractivity contribution in [3.05, 3.63) is 0 Å². The number of alkyl carbamates (subject to hydrolysis) is 1. The van der Waals surface area contributed by atoms with Gasteiger partial charge in [-0.2, -0.15) is 0 Å². The molecule has 2 atom stereocenters. The van der Waals surface area contributed by atoms with Gasteiger partial charge in [0.15, 0.2) is 0 Å². The van der Waals surface area contributed by atoms with Crippen LogP contribution in [0.1, 0.15) is 48.5 Å². The lowest BCUT2D eigenvalue weighted by atomic mass is 9.94. The predicted octanol–water partition coefficient (Wildman–Crippen LogP) is 3.04. The average molecular weight is 316 g/mol. The van der Waals surface area contributed by atoms with Crippen LogP contribution >= 0.6 is 0 Å². The van der Waals surface area contributed by atoms with Crippen LogP contribution in [0.2, 0.25) is 0 Å². The lowest BCUT2D eigenvalue weighted by Gasteiger charge is -2.28. The summed E-state index contributed by atoms with van der Waals surface area (Å²) < 4.78 is 10.5. The van der Waals surface area contributed by atoms with E-state index in [-0.39, 0.29) is 6.09 Å². The Kier molecular flexibility index (Phi) is 9.69. The fraction of sp³-hybridized carbons (Fsp3) is 0.941. The van der Waals surface area contributed by atoms with E-state index in [1.54, 1.807) is 7.11 Å². The molecule has 5 nitrogen and oxygen atoms in total. The van der Waals surface area contributed by atoms with E-state index in [2.05, 4.69) is 38.3 Å². The normalized spacial score (nSPS) is 15.0. The molecule has 0 heterocycles. The molecule has 0 aromatic carbocycles. The van der Waals surface area contributed by atoms with Crippen LogP contribution in [-0.2, 0) is 9.47 Å². The smallest absolute Gasteiger partial charge is 0.407 e. The highest BCUT2D eigenvalue weighted by atomic mass is 16.6. The van der Waals surface area contributed by atoms with Crippen LogP contribution < -0.4 is 10.6 Å². The molecular formula is C17H36N2O3. The molecule has 0 spiro atoms. The van der Waals surface area contributed by atoms with Gasteiger partial charge in [0.25, 0.3) is 0 Å².